The number of likely N-dealkylation sites (tertiary alicyclic amines) is 2. The number of amides is 2. The predicted molar refractivity (Wildman–Crippen MR) is 175 cm³/mol. The summed E-state index contributed by atoms with van der Waals surface area (Å²) in [6.07, 6.45) is 2.03. The molecule has 0 radical (unpaired) electrons. The quantitative estimate of drug-likeness (QED) is 0.290. The van der Waals surface area contributed by atoms with Crippen molar-refractivity contribution in [3.05, 3.63) is 96.1 Å². The number of hydrogen-bond acceptors (Lipinski definition) is 5. The molecule has 8 heteroatoms. The molecule has 6 rings (SSSR count). The number of allylic oxidation sites excluding steroid dienone is 2. The molecule has 1 N–H and O–H groups in total. The minimum absolute atomic E-state index is 0.0425. The number of rotatable bonds is 6. The molecule has 0 unspecified atom stereocenters. The minimum atomic E-state index is -0.975. The largest absolute Gasteiger partial charge is 0.481 e. The van der Waals surface area contributed by atoms with Crippen LogP contribution in [-0.4, -0.2) is 57.3 Å². The van der Waals surface area contributed by atoms with Gasteiger partial charge in [0, 0.05) is 13.1 Å². The summed E-state index contributed by atoms with van der Waals surface area (Å²) in [6, 6.07) is 19.5. The Hall–Kier alpha value is -4.20. The maximum absolute atomic E-state index is 13.1. The molecule has 0 spiro atoms. The van der Waals surface area contributed by atoms with Crippen LogP contribution in [0.5, 0.6) is 0 Å². The number of benzene rings is 2. The van der Waals surface area contributed by atoms with Gasteiger partial charge in [0.1, 0.15) is 16.4 Å². The smallest absolute Gasteiger partial charge is 0.315 e. The Morgan fingerprint density at radius 2 is 1.17 bits per heavy atom. The molecule has 4 fully saturated rings. The molecule has 6 atom stereocenters. The monoisotopic (exact) mass is 626 g/mol. The Labute approximate surface area is 272 Å². The summed E-state index contributed by atoms with van der Waals surface area (Å²) in [7, 11) is 0. The zero-order valence-electron chi connectivity index (χ0n) is 27.6. The molecule has 244 valence electrons. The van der Waals surface area contributed by atoms with Crippen LogP contribution in [0.2, 0.25) is 0 Å². The molecule has 2 aliphatic carbocycles. The van der Waals surface area contributed by atoms with Gasteiger partial charge in [0.15, 0.2) is 0 Å². The van der Waals surface area contributed by atoms with Crippen molar-refractivity contribution in [2.24, 2.45) is 22.7 Å². The molecule has 2 aliphatic heterocycles. The summed E-state index contributed by atoms with van der Waals surface area (Å²) in [5, 5.41) is 9.66. The van der Waals surface area contributed by atoms with E-state index in [1.165, 1.54) is 0 Å². The van der Waals surface area contributed by atoms with Crippen molar-refractivity contribution in [3.8, 4) is 0 Å². The summed E-state index contributed by atoms with van der Waals surface area (Å²) in [4.78, 5) is 54.1. The van der Waals surface area contributed by atoms with E-state index in [0.717, 1.165) is 22.3 Å². The van der Waals surface area contributed by atoms with Crippen LogP contribution in [0, 0.1) is 22.7 Å². The number of carbonyl (C=O) groups excluding carboxylic acids is 3. The molecule has 2 amide bonds. The van der Waals surface area contributed by atoms with Gasteiger partial charge in [0.05, 0.1) is 23.9 Å². The molecule has 46 heavy (non-hydrogen) atoms. The van der Waals surface area contributed by atoms with E-state index in [1.54, 1.807) is 4.90 Å². The van der Waals surface area contributed by atoms with Gasteiger partial charge in [-0.2, -0.15) is 0 Å². The second kappa shape index (κ2) is 12.2. The lowest BCUT2D eigenvalue weighted by Crippen LogP contribution is -2.41. The van der Waals surface area contributed by atoms with Crippen molar-refractivity contribution >= 4 is 23.8 Å². The molecular formula is C38H46N2O6. The van der Waals surface area contributed by atoms with Gasteiger partial charge in [0.25, 0.3) is 0 Å². The molecule has 4 aliphatic rings. The molecule has 2 saturated heterocycles. The van der Waals surface area contributed by atoms with E-state index in [9.17, 15) is 24.3 Å². The Kier molecular flexibility index (Phi) is 8.79. The highest BCUT2D eigenvalue weighted by molar-refractivity contribution is 5.94. The Morgan fingerprint density at radius 3 is 1.57 bits per heavy atom. The van der Waals surface area contributed by atoms with E-state index in [-0.39, 0.29) is 42.3 Å². The number of carbonyl (C=O) groups is 4. The van der Waals surface area contributed by atoms with Gasteiger partial charge in [-0.3, -0.25) is 19.2 Å². The molecule has 2 aromatic carbocycles. The van der Waals surface area contributed by atoms with E-state index in [4.69, 9.17) is 4.74 Å². The highest BCUT2D eigenvalue weighted by Gasteiger charge is 2.63. The Morgan fingerprint density at radius 1 is 0.783 bits per heavy atom. The third kappa shape index (κ3) is 5.90. The fraction of sp³-hybridized carbons (Fsp3) is 0.474. The first kappa shape index (κ1) is 33.2. The average molecular weight is 627 g/mol. The molecule has 2 aromatic rings. The standard InChI is InChI=1S/C21H27NO3.C17H19NO3/c1-14-11-17-18(23)22(15(2)16-9-7-6-8-10-16)13-21(17,12-14)19(24)25-20(3,4)5;1-11-8-14-15(19)18(10-17(14,9-11)16(20)21)12(2)13-6-4-3-5-7-13/h6-10,15,17H,1,11-13H2,2-5H3;3-7,12,14H,1,8-10H2,2H3,(H,20,21)/t15-,17-,21-;12-,14-,17-/m11/s1. The van der Waals surface area contributed by atoms with Crippen molar-refractivity contribution in [2.75, 3.05) is 13.1 Å². The topological polar surface area (TPSA) is 104 Å². The molecule has 0 aromatic heterocycles. The van der Waals surface area contributed by atoms with Gasteiger partial charge in [-0.05, 0) is 71.4 Å². The van der Waals surface area contributed by atoms with Crippen molar-refractivity contribution < 1.29 is 29.0 Å². The highest BCUT2D eigenvalue weighted by Crippen LogP contribution is 2.55. The molecule has 0 bridgehead atoms. The number of esters is 1. The molecule has 2 saturated carbocycles. The van der Waals surface area contributed by atoms with Crippen molar-refractivity contribution in [1.82, 2.24) is 9.80 Å². The van der Waals surface area contributed by atoms with E-state index >= 15 is 0 Å². The van der Waals surface area contributed by atoms with Crippen LogP contribution in [-0.2, 0) is 23.9 Å². The van der Waals surface area contributed by atoms with Gasteiger partial charge < -0.3 is 19.6 Å². The van der Waals surface area contributed by atoms with Crippen LogP contribution in [0.15, 0.2) is 85.0 Å². The van der Waals surface area contributed by atoms with Crippen molar-refractivity contribution in [3.63, 3.8) is 0 Å². The van der Waals surface area contributed by atoms with Crippen molar-refractivity contribution in [1.29, 1.82) is 0 Å². The van der Waals surface area contributed by atoms with Crippen LogP contribution < -0.4 is 0 Å². The van der Waals surface area contributed by atoms with Crippen LogP contribution >= 0.6 is 0 Å². The minimum Gasteiger partial charge on any atom is -0.481 e. The van der Waals surface area contributed by atoms with Crippen LogP contribution in [0.1, 0.15) is 83.5 Å². The van der Waals surface area contributed by atoms with E-state index < -0.39 is 28.3 Å². The maximum atomic E-state index is 13.1. The fourth-order valence-electron chi connectivity index (χ4n) is 7.82. The Bertz CT molecular complexity index is 1550. The third-order valence-electron chi connectivity index (χ3n) is 10.2. The fourth-order valence-corrected chi connectivity index (χ4v) is 7.82. The first-order chi connectivity index (χ1) is 21.6. The lowest BCUT2D eigenvalue weighted by atomic mass is 9.80. The summed E-state index contributed by atoms with van der Waals surface area (Å²) < 4.78 is 5.70. The summed E-state index contributed by atoms with van der Waals surface area (Å²) in [5.41, 5.74) is 1.63. The number of nitrogens with zero attached hydrogens (tertiary/aromatic N) is 2. The van der Waals surface area contributed by atoms with Crippen LogP contribution in [0.3, 0.4) is 0 Å². The third-order valence-corrected chi connectivity index (χ3v) is 10.2. The second-order valence-corrected chi connectivity index (χ2v) is 14.6. The summed E-state index contributed by atoms with van der Waals surface area (Å²) in [6.45, 7) is 18.2. The lowest BCUT2D eigenvalue weighted by Gasteiger charge is -2.31. The lowest BCUT2D eigenvalue weighted by molar-refractivity contribution is -0.168. The van der Waals surface area contributed by atoms with E-state index in [1.807, 2.05) is 100 Å². The van der Waals surface area contributed by atoms with Gasteiger partial charge in [0.2, 0.25) is 11.8 Å². The zero-order chi connectivity index (χ0) is 33.6. The van der Waals surface area contributed by atoms with Gasteiger partial charge in [-0.25, -0.2) is 0 Å². The van der Waals surface area contributed by atoms with Gasteiger partial charge in [-0.15, -0.1) is 0 Å². The number of carboxylic acids is 1. The molecular weight excluding hydrogens is 580 g/mol. The number of aliphatic carboxylic acids is 1. The number of carboxylic acid groups (broad SMARTS) is 1. The number of hydrogen-bond donors (Lipinski definition) is 1. The first-order valence-electron chi connectivity index (χ1n) is 16.1. The number of fused-ring (bicyclic) bond motifs is 2. The predicted octanol–water partition coefficient (Wildman–Crippen LogP) is 6.51. The van der Waals surface area contributed by atoms with Crippen molar-refractivity contribution in [2.45, 2.75) is 78.0 Å². The van der Waals surface area contributed by atoms with E-state index in [0.29, 0.717) is 32.2 Å². The zero-order valence-corrected chi connectivity index (χ0v) is 27.6. The first-order valence-corrected chi connectivity index (χ1v) is 16.1. The number of ether oxygens (including phenoxy) is 1. The molecule has 2 heterocycles. The second-order valence-electron chi connectivity index (χ2n) is 14.6. The maximum Gasteiger partial charge on any atom is 0.315 e. The molecule has 8 nitrogen and oxygen atoms in total. The Balaban J connectivity index is 0.000000184. The van der Waals surface area contributed by atoms with Crippen LogP contribution in [0.25, 0.3) is 0 Å². The SMILES string of the molecule is C=C1C[C@@H]2C(=O)N([C@H](C)c3ccccc3)C[C@]2(C(=O)O)C1.C=C1C[C@@H]2C(=O)N([C@H](C)c3ccccc3)C[C@]2(C(=O)OC(C)(C)C)C1. The average Bonchev–Trinajstić information content (AvgIpc) is 3.70. The summed E-state index contributed by atoms with van der Waals surface area (Å²) in [5.74, 6) is -1.94. The normalized spacial score (nSPS) is 28.4. The summed E-state index contributed by atoms with van der Waals surface area (Å²) >= 11 is 0. The van der Waals surface area contributed by atoms with Gasteiger partial charge in [-0.1, -0.05) is 85.0 Å². The highest BCUT2D eigenvalue weighted by atomic mass is 16.6. The van der Waals surface area contributed by atoms with Gasteiger partial charge >= 0.3 is 11.9 Å². The van der Waals surface area contributed by atoms with E-state index in [2.05, 4.69) is 13.2 Å². The van der Waals surface area contributed by atoms with Crippen LogP contribution in [0.4, 0.5) is 0 Å².